The summed E-state index contributed by atoms with van der Waals surface area (Å²) < 4.78 is 0. The summed E-state index contributed by atoms with van der Waals surface area (Å²) >= 11 is 4.55. The van der Waals surface area contributed by atoms with Crippen LogP contribution in [0.25, 0.3) is 0 Å². The van der Waals surface area contributed by atoms with Crippen molar-refractivity contribution in [2.45, 2.75) is 24.6 Å². The molecule has 2 aromatic rings. The number of thiol groups is 1. The van der Waals surface area contributed by atoms with Crippen molar-refractivity contribution in [2.24, 2.45) is 0 Å². The standard InChI is InChI=1S/C18H21NOS/c1-14(16-11-7-4-8-12-16)17(21)18(20)19(2)13-15-9-5-3-6-10-15/h3-12,14,17,21H,13H2,1-2H3. The van der Waals surface area contributed by atoms with Crippen LogP contribution in [0.4, 0.5) is 0 Å². The Kier molecular flexibility index (Phi) is 5.45. The summed E-state index contributed by atoms with van der Waals surface area (Å²) in [6.45, 7) is 2.65. The lowest BCUT2D eigenvalue weighted by Crippen LogP contribution is -2.35. The smallest absolute Gasteiger partial charge is 0.236 e. The summed E-state index contributed by atoms with van der Waals surface area (Å²) in [5.41, 5.74) is 2.26. The van der Waals surface area contributed by atoms with Crippen LogP contribution in [0, 0.1) is 0 Å². The van der Waals surface area contributed by atoms with E-state index >= 15 is 0 Å². The number of amides is 1. The van der Waals surface area contributed by atoms with E-state index in [1.807, 2.05) is 74.6 Å². The lowest BCUT2D eigenvalue weighted by Gasteiger charge is -2.25. The number of rotatable bonds is 5. The van der Waals surface area contributed by atoms with Crippen molar-refractivity contribution < 1.29 is 4.79 Å². The molecule has 2 aromatic carbocycles. The number of carbonyl (C=O) groups excluding carboxylic acids is 1. The van der Waals surface area contributed by atoms with Gasteiger partial charge in [0.15, 0.2) is 0 Å². The van der Waals surface area contributed by atoms with Gasteiger partial charge in [0.05, 0.1) is 5.25 Å². The predicted molar refractivity (Wildman–Crippen MR) is 90.5 cm³/mol. The van der Waals surface area contributed by atoms with E-state index in [1.165, 1.54) is 0 Å². The van der Waals surface area contributed by atoms with Crippen molar-refractivity contribution in [1.82, 2.24) is 4.90 Å². The molecule has 0 N–H and O–H groups in total. The van der Waals surface area contributed by atoms with E-state index in [9.17, 15) is 4.79 Å². The highest BCUT2D eigenvalue weighted by atomic mass is 32.1. The van der Waals surface area contributed by atoms with E-state index < -0.39 is 0 Å². The van der Waals surface area contributed by atoms with E-state index in [0.29, 0.717) is 6.54 Å². The Labute approximate surface area is 132 Å². The lowest BCUT2D eigenvalue weighted by atomic mass is 9.96. The molecule has 0 saturated carbocycles. The van der Waals surface area contributed by atoms with Crippen LogP contribution in [-0.2, 0) is 11.3 Å². The van der Waals surface area contributed by atoms with Gasteiger partial charge in [-0.25, -0.2) is 0 Å². The van der Waals surface area contributed by atoms with Crippen molar-refractivity contribution in [3.63, 3.8) is 0 Å². The van der Waals surface area contributed by atoms with Gasteiger partial charge in [-0.3, -0.25) is 4.79 Å². The fraction of sp³-hybridized carbons (Fsp3) is 0.278. The average Bonchev–Trinajstić information content (AvgIpc) is 2.54. The molecule has 0 aliphatic carbocycles. The third-order valence-electron chi connectivity index (χ3n) is 3.69. The second kappa shape index (κ2) is 7.32. The van der Waals surface area contributed by atoms with Crippen LogP contribution in [-0.4, -0.2) is 23.1 Å². The average molecular weight is 299 g/mol. The molecule has 2 nitrogen and oxygen atoms in total. The Bertz CT molecular complexity index is 570. The number of hydrogen-bond donors (Lipinski definition) is 1. The maximum Gasteiger partial charge on any atom is 0.236 e. The zero-order valence-electron chi connectivity index (χ0n) is 12.4. The molecule has 0 bridgehead atoms. The Morgan fingerprint density at radius 3 is 2.14 bits per heavy atom. The molecule has 0 aromatic heterocycles. The Hall–Kier alpha value is -1.74. The first-order chi connectivity index (χ1) is 10.1. The zero-order valence-corrected chi connectivity index (χ0v) is 13.3. The molecule has 2 atom stereocenters. The van der Waals surface area contributed by atoms with Gasteiger partial charge in [0.25, 0.3) is 0 Å². The normalized spacial score (nSPS) is 13.5. The first-order valence-electron chi connectivity index (χ1n) is 7.11. The van der Waals surface area contributed by atoms with Gasteiger partial charge >= 0.3 is 0 Å². The Morgan fingerprint density at radius 2 is 1.57 bits per heavy atom. The molecule has 0 aliphatic rings. The third kappa shape index (κ3) is 4.11. The SMILES string of the molecule is CC(c1ccccc1)C(S)C(=O)N(C)Cc1ccccc1. The van der Waals surface area contributed by atoms with Crippen molar-refractivity contribution in [3.8, 4) is 0 Å². The van der Waals surface area contributed by atoms with Crippen LogP contribution < -0.4 is 0 Å². The largest absolute Gasteiger partial charge is 0.340 e. The minimum atomic E-state index is -0.332. The van der Waals surface area contributed by atoms with Crippen molar-refractivity contribution in [3.05, 3.63) is 71.8 Å². The molecule has 2 rings (SSSR count). The van der Waals surface area contributed by atoms with Crippen molar-refractivity contribution >= 4 is 18.5 Å². The van der Waals surface area contributed by atoms with E-state index in [-0.39, 0.29) is 17.1 Å². The number of carbonyl (C=O) groups is 1. The van der Waals surface area contributed by atoms with Gasteiger partial charge in [0.1, 0.15) is 0 Å². The molecule has 3 heteroatoms. The van der Waals surface area contributed by atoms with Crippen LogP contribution >= 0.6 is 12.6 Å². The number of benzene rings is 2. The van der Waals surface area contributed by atoms with Gasteiger partial charge < -0.3 is 4.90 Å². The summed E-state index contributed by atoms with van der Waals surface area (Å²) in [7, 11) is 1.83. The first-order valence-corrected chi connectivity index (χ1v) is 7.63. The number of nitrogens with zero attached hydrogens (tertiary/aromatic N) is 1. The van der Waals surface area contributed by atoms with Crippen LogP contribution in [0.2, 0.25) is 0 Å². The van der Waals surface area contributed by atoms with Crippen LogP contribution in [0.15, 0.2) is 60.7 Å². The Balaban J connectivity index is 2.01. The molecular weight excluding hydrogens is 278 g/mol. The van der Waals surface area contributed by atoms with Gasteiger partial charge in [0, 0.05) is 19.5 Å². The second-order valence-electron chi connectivity index (χ2n) is 5.32. The molecule has 0 spiro atoms. The van der Waals surface area contributed by atoms with E-state index in [4.69, 9.17) is 0 Å². The van der Waals surface area contributed by atoms with Gasteiger partial charge in [-0.15, -0.1) is 0 Å². The fourth-order valence-electron chi connectivity index (χ4n) is 2.31. The monoisotopic (exact) mass is 299 g/mol. The number of hydrogen-bond acceptors (Lipinski definition) is 2. The molecule has 1 amide bonds. The molecule has 0 saturated heterocycles. The van der Waals surface area contributed by atoms with Gasteiger partial charge in [0.2, 0.25) is 5.91 Å². The molecule has 2 unspecified atom stereocenters. The summed E-state index contributed by atoms with van der Waals surface area (Å²) in [6, 6.07) is 20.0. The van der Waals surface area contributed by atoms with Crippen molar-refractivity contribution in [2.75, 3.05) is 7.05 Å². The van der Waals surface area contributed by atoms with E-state index in [1.54, 1.807) is 4.90 Å². The molecule has 0 radical (unpaired) electrons. The highest BCUT2D eigenvalue weighted by molar-refractivity contribution is 7.81. The maximum absolute atomic E-state index is 12.5. The van der Waals surface area contributed by atoms with Gasteiger partial charge in [-0.05, 0) is 11.1 Å². The highest BCUT2D eigenvalue weighted by Crippen LogP contribution is 2.24. The van der Waals surface area contributed by atoms with E-state index in [0.717, 1.165) is 11.1 Å². The zero-order chi connectivity index (χ0) is 15.2. The maximum atomic E-state index is 12.5. The molecule has 0 aliphatic heterocycles. The van der Waals surface area contributed by atoms with Gasteiger partial charge in [-0.2, -0.15) is 12.6 Å². The molecule has 21 heavy (non-hydrogen) atoms. The summed E-state index contributed by atoms with van der Waals surface area (Å²) in [5, 5.41) is -0.332. The third-order valence-corrected chi connectivity index (χ3v) is 4.36. The first kappa shape index (κ1) is 15.6. The second-order valence-corrected chi connectivity index (χ2v) is 5.88. The highest BCUT2D eigenvalue weighted by Gasteiger charge is 2.25. The summed E-state index contributed by atoms with van der Waals surface area (Å²) in [6.07, 6.45) is 0. The molecule has 110 valence electrons. The molecular formula is C18H21NOS. The molecule has 0 fully saturated rings. The molecule has 0 heterocycles. The topological polar surface area (TPSA) is 20.3 Å². The lowest BCUT2D eigenvalue weighted by molar-refractivity contribution is -0.130. The Morgan fingerprint density at radius 1 is 1.05 bits per heavy atom. The quantitative estimate of drug-likeness (QED) is 0.834. The summed E-state index contributed by atoms with van der Waals surface area (Å²) in [4.78, 5) is 14.3. The van der Waals surface area contributed by atoms with Crippen molar-refractivity contribution in [1.29, 1.82) is 0 Å². The summed E-state index contributed by atoms with van der Waals surface area (Å²) in [5.74, 6) is 0.138. The van der Waals surface area contributed by atoms with Gasteiger partial charge in [-0.1, -0.05) is 67.6 Å². The van der Waals surface area contributed by atoms with Crippen LogP contribution in [0.3, 0.4) is 0 Å². The fourth-order valence-corrected chi connectivity index (χ4v) is 2.68. The predicted octanol–water partition coefficient (Wildman–Crippen LogP) is 3.75. The van der Waals surface area contributed by atoms with Crippen LogP contribution in [0.1, 0.15) is 24.0 Å². The van der Waals surface area contributed by atoms with Crippen LogP contribution in [0.5, 0.6) is 0 Å². The minimum absolute atomic E-state index is 0.0542. The van der Waals surface area contributed by atoms with E-state index in [2.05, 4.69) is 12.6 Å². The minimum Gasteiger partial charge on any atom is -0.340 e.